The van der Waals surface area contributed by atoms with Gasteiger partial charge in [-0.3, -0.25) is 9.69 Å². The van der Waals surface area contributed by atoms with Gasteiger partial charge in [0.15, 0.2) is 0 Å². The highest BCUT2D eigenvalue weighted by Crippen LogP contribution is 2.32. The molecule has 3 rings (SSSR count). The van der Waals surface area contributed by atoms with Gasteiger partial charge in [-0.05, 0) is 42.8 Å². The van der Waals surface area contributed by atoms with Crippen LogP contribution in [0.15, 0.2) is 59.5 Å². The maximum atomic E-state index is 12.2. The highest BCUT2D eigenvalue weighted by atomic mass is 32.2. The Morgan fingerprint density at radius 3 is 2.19 bits per heavy atom. The van der Waals surface area contributed by atoms with E-state index in [9.17, 15) is 4.79 Å². The molecule has 4 nitrogen and oxygen atoms in total. The third-order valence-corrected chi connectivity index (χ3v) is 5.11. The zero-order chi connectivity index (χ0) is 18.4. The van der Waals surface area contributed by atoms with E-state index in [1.54, 1.807) is 4.90 Å². The molecule has 134 valence electrons. The third-order valence-electron chi connectivity index (χ3n) is 3.73. The Hall–Kier alpha value is -2.31. The van der Waals surface area contributed by atoms with Crippen molar-refractivity contribution in [3.8, 4) is 11.5 Å². The van der Waals surface area contributed by atoms with E-state index in [0.29, 0.717) is 29.0 Å². The summed E-state index contributed by atoms with van der Waals surface area (Å²) in [5.41, 5.74) is 0.939. The van der Waals surface area contributed by atoms with Gasteiger partial charge < -0.3 is 9.47 Å². The van der Waals surface area contributed by atoms with Crippen molar-refractivity contribution in [2.75, 3.05) is 19.8 Å². The topological polar surface area (TPSA) is 38.8 Å². The van der Waals surface area contributed by atoms with Crippen LogP contribution in [0.25, 0.3) is 6.08 Å². The van der Waals surface area contributed by atoms with Gasteiger partial charge in [0, 0.05) is 6.54 Å². The molecule has 0 radical (unpaired) electrons. The number of ether oxygens (including phenoxy) is 2. The van der Waals surface area contributed by atoms with Gasteiger partial charge in [-0.15, -0.1) is 0 Å². The fourth-order valence-electron chi connectivity index (χ4n) is 2.42. The molecule has 6 heteroatoms. The van der Waals surface area contributed by atoms with Gasteiger partial charge in [-0.2, -0.15) is 0 Å². The molecule has 0 unspecified atom stereocenters. The van der Waals surface area contributed by atoms with Crippen LogP contribution in [0.1, 0.15) is 12.5 Å². The lowest BCUT2D eigenvalue weighted by Crippen LogP contribution is -2.27. The van der Waals surface area contributed by atoms with E-state index >= 15 is 0 Å². The number of likely N-dealkylation sites (N-methyl/N-ethyl adjacent to an activating group) is 1. The molecule has 2 aromatic rings. The van der Waals surface area contributed by atoms with Crippen LogP contribution in [-0.4, -0.2) is 34.9 Å². The van der Waals surface area contributed by atoms with Crippen molar-refractivity contribution in [1.29, 1.82) is 0 Å². The summed E-state index contributed by atoms with van der Waals surface area (Å²) in [7, 11) is 0. The van der Waals surface area contributed by atoms with Crippen molar-refractivity contribution in [2.45, 2.75) is 6.92 Å². The fraction of sp³-hybridized carbons (Fsp3) is 0.200. The predicted molar refractivity (Wildman–Crippen MR) is 109 cm³/mol. The SMILES string of the molecule is CCN1C(=O)C(=Cc2ccc(OCCOc3ccccc3)cc2)SC1=S. The Kier molecular flexibility index (Phi) is 6.30. The van der Waals surface area contributed by atoms with Crippen LogP contribution in [0.2, 0.25) is 0 Å². The van der Waals surface area contributed by atoms with Gasteiger partial charge in [0.2, 0.25) is 0 Å². The van der Waals surface area contributed by atoms with Crippen molar-refractivity contribution in [3.63, 3.8) is 0 Å². The van der Waals surface area contributed by atoms with Gasteiger partial charge in [-0.1, -0.05) is 54.3 Å². The molecule has 0 aliphatic carbocycles. The Morgan fingerprint density at radius 2 is 1.62 bits per heavy atom. The average Bonchev–Trinajstić information content (AvgIpc) is 2.93. The predicted octanol–water partition coefficient (Wildman–Crippen LogP) is 4.37. The summed E-state index contributed by atoms with van der Waals surface area (Å²) in [5, 5.41) is 0. The number of para-hydroxylation sites is 1. The second-order valence-electron chi connectivity index (χ2n) is 5.50. The number of thiocarbonyl (C=S) groups is 1. The molecule has 2 aromatic carbocycles. The van der Waals surface area contributed by atoms with E-state index in [0.717, 1.165) is 17.1 Å². The van der Waals surface area contributed by atoms with E-state index in [1.807, 2.05) is 67.6 Å². The largest absolute Gasteiger partial charge is 0.490 e. The van der Waals surface area contributed by atoms with E-state index < -0.39 is 0 Å². The van der Waals surface area contributed by atoms with Gasteiger partial charge in [0.1, 0.15) is 29.0 Å². The van der Waals surface area contributed by atoms with Gasteiger partial charge in [0.25, 0.3) is 5.91 Å². The normalized spacial score (nSPS) is 15.6. The second-order valence-corrected chi connectivity index (χ2v) is 7.18. The number of hydrogen-bond donors (Lipinski definition) is 0. The summed E-state index contributed by atoms with van der Waals surface area (Å²) in [6, 6.07) is 17.3. The zero-order valence-corrected chi connectivity index (χ0v) is 16.0. The summed E-state index contributed by atoms with van der Waals surface area (Å²) in [4.78, 5) is 14.5. The van der Waals surface area contributed by atoms with E-state index in [1.165, 1.54) is 11.8 Å². The number of thioether (sulfide) groups is 1. The second kappa shape index (κ2) is 8.87. The maximum absolute atomic E-state index is 12.2. The Bertz CT molecular complexity index is 804. The number of nitrogens with zero attached hydrogens (tertiary/aromatic N) is 1. The molecule has 1 amide bonds. The maximum Gasteiger partial charge on any atom is 0.266 e. The summed E-state index contributed by atoms with van der Waals surface area (Å²) < 4.78 is 11.9. The number of benzene rings is 2. The zero-order valence-electron chi connectivity index (χ0n) is 14.4. The van der Waals surface area contributed by atoms with E-state index in [2.05, 4.69) is 0 Å². The first-order valence-electron chi connectivity index (χ1n) is 8.33. The number of carbonyl (C=O) groups is 1. The van der Waals surface area contributed by atoms with Crippen molar-refractivity contribution < 1.29 is 14.3 Å². The van der Waals surface area contributed by atoms with Crippen LogP contribution in [0.5, 0.6) is 11.5 Å². The highest BCUT2D eigenvalue weighted by Gasteiger charge is 2.30. The molecule has 1 aliphatic heterocycles. The number of hydrogen-bond acceptors (Lipinski definition) is 5. The van der Waals surface area contributed by atoms with E-state index in [4.69, 9.17) is 21.7 Å². The summed E-state index contributed by atoms with van der Waals surface area (Å²) in [5.74, 6) is 1.57. The summed E-state index contributed by atoms with van der Waals surface area (Å²) in [6.45, 7) is 3.45. The lowest BCUT2D eigenvalue weighted by molar-refractivity contribution is -0.121. The first-order valence-corrected chi connectivity index (χ1v) is 9.56. The number of amides is 1. The lowest BCUT2D eigenvalue weighted by Gasteiger charge is -2.09. The summed E-state index contributed by atoms with van der Waals surface area (Å²) >= 11 is 6.56. The van der Waals surface area contributed by atoms with Crippen molar-refractivity contribution >= 4 is 40.3 Å². The van der Waals surface area contributed by atoms with Gasteiger partial charge in [0.05, 0.1) is 4.91 Å². The average molecular weight is 386 g/mol. The number of carbonyl (C=O) groups excluding carboxylic acids is 1. The first-order chi connectivity index (χ1) is 12.7. The monoisotopic (exact) mass is 385 g/mol. The minimum Gasteiger partial charge on any atom is -0.490 e. The third kappa shape index (κ3) is 4.65. The smallest absolute Gasteiger partial charge is 0.266 e. The molecule has 0 saturated carbocycles. The van der Waals surface area contributed by atoms with Crippen molar-refractivity contribution in [2.24, 2.45) is 0 Å². The lowest BCUT2D eigenvalue weighted by atomic mass is 10.2. The van der Waals surface area contributed by atoms with Crippen LogP contribution in [0, 0.1) is 0 Å². The summed E-state index contributed by atoms with van der Waals surface area (Å²) in [6.07, 6.45) is 1.86. The molecule has 1 aliphatic rings. The molecule has 0 bridgehead atoms. The Morgan fingerprint density at radius 1 is 1.00 bits per heavy atom. The van der Waals surface area contributed by atoms with Crippen LogP contribution in [-0.2, 0) is 4.79 Å². The Labute approximate surface area is 162 Å². The Balaban J connectivity index is 1.51. The fourth-order valence-corrected chi connectivity index (χ4v) is 3.80. The quantitative estimate of drug-likeness (QED) is 0.402. The molecule has 1 heterocycles. The van der Waals surface area contributed by atoms with Crippen LogP contribution in [0.4, 0.5) is 0 Å². The molecule has 0 aromatic heterocycles. The molecule has 0 spiro atoms. The van der Waals surface area contributed by atoms with Gasteiger partial charge in [-0.25, -0.2) is 0 Å². The number of rotatable bonds is 7. The first kappa shape index (κ1) is 18.5. The minimum absolute atomic E-state index is 0.0270. The van der Waals surface area contributed by atoms with E-state index in [-0.39, 0.29) is 5.91 Å². The molecular formula is C20H19NO3S2. The molecule has 26 heavy (non-hydrogen) atoms. The molecule has 0 atom stereocenters. The van der Waals surface area contributed by atoms with Crippen LogP contribution in [0.3, 0.4) is 0 Å². The van der Waals surface area contributed by atoms with Gasteiger partial charge >= 0.3 is 0 Å². The highest BCUT2D eigenvalue weighted by molar-refractivity contribution is 8.26. The minimum atomic E-state index is -0.0270. The molecular weight excluding hydrogens is 366 g/mol. The standard InChI is InChI=1S/C20H19NO3S2/c1-2-21-19(22)18(26-20(21)25)14-15-8-10-17(11-9-15)24-13-12-23-16-6-4-3-5-7-16/h3-11,14H,2,12-13H2,1H3. The van der Waals surface area contributed by atoms with Crippen molar-refractivity contribution in [3.05, 3.63) is 65.1 Å². The molecule has 1 saturated heterocycles. The van der Waals surface area contributed by atoms with Crippen molar-refractivity contribution in [1.82, 2.24) is 4.90 Å². The van der Waals surface area contributed by atoms with Crippen LogP contribution >= 0.6 is 24.0 Å². The molecule has 0 N–H and O–H groups in total. The van der Waals surface area contributed by atoms with Crippen LogP contribution < -0.4 is 9.47 Å². The molecule has 1 fully saturated rings.